The predicted molar refractivity (Wildman–Crippen MR) is 112 cm³/mol. The van der Waals surface area contributed by atoms with Gasteiger partial charge in [-0.3, -0.25) is 15.0 Å². The molecule has 0 fully saturated rings. The minimum atomic E-state index is -1.24. The molecule has 0 saturated carbocycles. The number of nitrogens with one attached hydrogen (secondary N) is 2. The van der Waals surface area contributed by atoms with Gasteiger partial charge in [-0.1, -0.05) is 54.6 Å². The van der Waals surface area contributed by atoms with E-state index < -0.39 is 23.9 Å². The minimum Gasteiger partial charge on any atom is -0.466 e. The van der Waals surface area contributed by atoms with Crippen LogP contribution in [0.5, 0.6) is 0 Å². The summed E-state index contributed by atoms with van der Waals surface area (Å²) in [5.74, 6) is -2.16. The highest BCUT2D eigenvalue weighted by molar-refractivity contribution is 6.35. The van der Waals surface area contributed by atoms with Crippen LogP contribution in [-0.2, 0) is 25.5 Å². The summed E-state index contributed by atoms with van der Waals surface area (Å²) in [4.78, 5) is 34.6. The van der Waals surface area contributed by atoms with Gasteiger partial charge in [0, 0.05) is 12.5 Å². The first-order valence-electron chi connectivity index (χ1n) is 9.55. The van der Waals surface area contributed by atoms with Crippen molar-refractivity contribution in [3.05, 3.63) is 60.2 Å². The average molecular weight is 411 g/mol. The normalized spacial score (nSPS) is 11.2. The number of hydrogen-bond acceptors (Lipinski definition) is 6. The number of carbonyl (C=O) groups is 3. The topological polar surface area (TPSA) is 132 Å². The van der Waals surface area contributed by atoms with Crippen LogP contribution in [0.1, 0.15) is 25.3 Å². The van der Waals surface area contributed by atoms with Crippen LogP contribution in [0.25, 0.3) is 11.1 Å². The van der Waals surface area contributed by atoms with E-state index in [2.05, 4.69) is 10.1 Å². The third-order valence-electron chi connectivity index (χ3n) is 4.29. The van der Waals surface area contributed by atoms with Crippen LogP contribution in [0.4, 0.5) is 4.79 Å². The molecule has 158 valence electrons. The molecule has 2 aromatic carbocycles. The van der Waals surface area contributed by atoms with Gasteiger partial charge in [-0.05, 0) is 36.5 Å². The van der Waals surface area contributed by atoms with Gasteiger partial charge in [-0.25, -0.2) is 4.79 Å². The maximum atomic E-state index is 12.1. The van der Waals surface area contributed by atoms with E-state index in [0.29, 0.717) is 12.8 Å². The molecule has 1 atom stereocenters. The van der Waals surface area contributed by atoms with Crippen LogP contribution in [0, 0.1) is 5.41 Å². The molecule has 0 saturated heterocycles. The lowest BCUT2D eigenvalue weighted by Crippen LogP contribution is -2.42. The molecule has 0 aliphatic heterocycles. The van der Waals surface area contributed by atoms with Gasteiger partial charge in [0.1, 0.15) is 0 Å². The van der Waals surface area contributed by atoms with Gasteiger partial charge in [0.2, 0.25) is 0 Å². The summed E-state index contributed by atoms with van der Waals surface area (Å²) in [7, 11) is 0. The van der Waals surface area contributed by atoms with Crippen molar-refractivity contribution in [2.45, 2.75) is 32.2 Å². The lowest BCUT2D eigenvalue weighted by Gasteiger charge is -2.19. The van der Waals surface area contributed by atoms with E-state index in [1.807, 2.05) is 54.6 Å². The highest BCUT2D eigenvalue weighted by Gasteiger charge is 2.20. The number of rotatable bonds is 8. The zero-order chi connectivity index (χ0) is 21.9. The van der Waals surface area contributed by atoms with Crippen LogP contribution < -0.4 is 11.1 Å². The molecule has 2 rings (SSSR count). The maximum absolute atomic E-state index is 12.1. The van der Waals surface area contributed by atoms with Crippen molar-refractivity contribution < 1.29 is 23.9 Å². The molecular formula is C22H25N3O5. The molecule has 2 aromatic rings. The van der Waals surface area contributed by atoms with E-state index in [0.717, 1.165) is 16.7 Å². The Bertz CT molecular complexity index is 881. The molecule has 8 heteroatoms. The van der Waals surface area contributed by atoms with Crippen LogP contribution in [0.15, 0.2) is 54.6 Å². The largest absolute Gasteiger partial charge is 0.466 e. The smallest absolute Gasteiger partial charge is 0.411 e. The van der Waals surface area contributed by atoms with Gasteiger partial charge in [-0.2, -0.15) is 0 Å². The number of esters is 1. The number of amides is 2. The Labute approximate surface area is 174 Å². The minimum absolute atomic E-state index is 0.102. The molecular weight excluding hydrogens is 386 g/mol. The Morgan fingerprint density at radius 1 is 1.03 bits per heavy atom. The van der Waals surface area contributed by atoms with Crippen LogP contribution in [0.3, 0.4) is 0 Å². The molecule has 0 radical (unpaired) electrons. The van der Waals surface area contributed by atoms with Crippen molar-refractivity contribution >= 4 is 23.9 Å². The summed E-state index contributed by atoms with van der Waals surface area (Å²) in [5, 5.41) is 10.1. The third-order valence-corrected chi connectivity index (χ3v) is 4.29. The zero-order valence-electron chi connectivity index (χ0n) is 16.7. The average Bonchev–Trinajstić information content (AvgIpc) is 2.73. The second kappa shape index (κ2) is 11.4. The molecule has 2 amide bonds. The van der Waals surface area contributed by atoms with E-state index >= 15 is 0 Å². The lowest BCUT2D eigenvalue weighted by molar-refractivity contribution is -0.143. The summed E-state index contributed by atoms with van der Waals surface area (Å²) < 4.78 is 9.24. The SMILES string of the molecule is CCOC(=O)CCC(Cc1ccc(-c2ccccc2)cc1)NC(=O)C(=N)OC(N)=O. The zero-order valence-corrected chi connectivity index (χ0v) is 16.7. The fourth-order valence-corrected chi connectivity index (χ4v) is 2.90. The molecule has 0 heterocycles. The lowest BCUT2D eigenvalue weighted by atomic mass is 9.98. The van der Waals surface area contributed by atoms with Crippen molar-refractivity contribution in [3.8, 4) is 11.1 Å². The van der Waals surface area contributed by atoms with Gasteiger partial charge in [-0.15, -0.1) is 0 Å². The Morgan fingerprint density at radius 3 is 2.27 bits per heavy atom. The number of nitrogens with two attached hydrogens (primary N) is 1. The Balaban J connectivity index is 2.07. The Kier molecular flexibility index (Phi) is 8.56. The molecule has 0 bridgehead atoms. The van der Waals surface area contributed by atoms with Gasteiger partial charge in [0.15, 0.2) is 0 Å². The van der Waals surface area contributed by atoms with Crippen LogP contribution in [0.2, 0.25) is 0 Å². The van der Waals surface area contributed by atoms with E-state index in [1.54, 1.807) is 6.92 Å². The highest BCUT2D eigenvalue weighted by atomic mass is 16.6. The van der Waals surface area contributed by atoms with Crippen LogP contribution >= 0.6 is 0 Å². The van der Waals surface area contributed by atoms with E-state index in [-0.39, 0.29) is 19.0 Å². The quantitative estimate of drug-likeness (QED) is 0.349. The predicted octanol–water partition coefficient (Wildman–Crippen LogP) is 2.80. The molecule has 8 nitrogen and oxygen atoms in total. The Morgan fingerprint density at radius 2 is 1.67 bits per heavy atom. The van der Waals surface area contributed by atoms with Crippen molar-refractivity contribution in [2.75, 3.05) is 6.61 Å². The number of primary amides is 1. The molecule has 0 aliphatic carbocycles. The second-order valence-corrected chi connectivity index (χ2v) is 6.53. The summed E-state index contributed by atoms with van der Waals surface area (Å²) in [6, 6.07) is 17.3. The molecule has 4 N–H and O–H groups in total. The summed E-state index contributed by atoms with van der Waals surface area (Å²) in [6.45, 7) is 1.99. The standard InChI is InChI=1S/C22H25N3O5/c1-2-29-19(26)13-12-18(25-21(27)20(23)30-22(24)28)14-15-8-10-17(11-9-15)16-6-4-3-5-7-16/h3-11,18,23H,2,12-14H2,1H3,(H2,24,28)(H,25,27). The summed E-state index contributed by atoms with van der Waals surface area (Å²) in [5.41, 5.74) is 7.92. The Hall–Kier alpha value is -3.68. The van der Waals surface area contributed by atoms with Gasteiger partial charge >= 0.3 is 18.0 Å². The highest BCUT2D eigenvalue weighted by Crippen LogP contribution is 2.20. The third kappa shape index (κ3) is 7.38. The van der Waals surface area contributed by atoms with Crippen molar-refractivity contribution in [3.63, 3.8) is 0 Å². The molecule has 0 spiro atoms. The summed E-state index contributed by atoms with van der Waals surface area (Å²) in [6.07, 6.45) is -0.418. The molecule has 1 unspecified atom stereocenters. The van der Waals surface area contributed by atoms with Gasteiger partial charge in [0.25, 0.3) is 5.90 Å². The molecule has 0 aliphatic rings. The van der Waals surface area contributed by atoms with E-state index in [9.17, 15) is 14.4 Å². The first kappa shape index (κ1) is 22.6. The van der Waals surface area contributed by atoms with Crippen molar-refractivity contribution in [1.29, 1.82) is 5.41 Å². The number of ether oxygens (including phenoxy) is 2. The maximum Gasteiger partial charge on any atom is 0.411 e. The summed E-state index contributed by atoms with van der Waals surface area (Å²) >= 11 is 0. The van der Waals surface area contributed by atoms with Crippen molar-refractivity contribution in [1.82, 2.24) is 5.32 Å². The number of benzene rings is 2. The second-order valence-electron chi connectivity index (χ2n) is 6.53. The van der Waals surface area contributed by atoms with E-state index in [1.165, 1.54) is 0 Å². The van der Waals surface area contributed by atoms with E-state index in [4.69, 9.17) is 15.9 Å². The number of hydrogen-bond donors (Lipinski definition) is 3. The van der Waals surface area contributed by atoms with Crippen molar-refractivity contribution in [2.24, 2.45) is 5.73 Å². The fourth-order valence-electron chi connectivity index (χ4n) is 2.90. The fraction of sp³-hybridized carbons (Fsp3) is 0.273. The molecule has 0 aromatic heterocycles. The van der Waals surface area contributed by atoms with Crippen LogP contribution in [-0.4, -0.2) is 36.5 Å². The first-order chi connectivity index (χ1) is 14.4. The molecule has 30 heavy (non-hydrogen) atoms. The first-order valence-corrected chi connectivity index (χ1v) is 9.55. The monoisotopic (exact) mass is 411 g/mol. The van der Waals surface area contributed by atoms with Gasteiger partial charge < -0.3 is 20.5 Å². The van der Waals surface area contributed by atoms with Gasteiger partial charge in [0.05, 0.1) is 6.61 Å². The number of carbonyl (C=O) groups excluding carboxylic acids is 3.